The molecule has 2 nitrogen and oxygen atoms in total. The summed E-state index contributed by atoms with van der Waals surface area (Å²) in [7, 11) is 0. The van der Waals surface area contributed by atoms with Crippen molar-refractivity contribution in [2.24, 2.45) is 5.92 Å². The van der Waals surface area contributed by atoms with Crippen molar-refractivity contribution < 1.29 is 4.74 Å². The maximum Gasteiger partial charge on any atom is 0.122 e. The van der Waals surface area contributed by atoms with Crippen LogP contribution in [0.3, 0.4) is 0 Å². The summed E-state index contributed by atoms with van der Waals surface area (Å²) in [6.45, 7) is 16.1. The largest absolute Gasteiger partial charge is 0.486 e. The number of nitrogens with one attached hydrogen (secondary N) is 1. The molecule has 1 aromatic rings. The number of hydrogen-bond acceptors (Lipinski definition) is 2. The van der Waals surface area contributed by atoms with Gasteiger partial charge in [-0.15, -0.1) is 0 Å². The third kappa shape index (κ3) is 6.34. The van der Waals surface area contributed by atoms with Crippen LogP contribution in [0.2, 0.25) is 0 Å². The molecule has 1 aromatic carbocycles. The molecule has 21 heavy (non-hydrogen) atoms. The molecule has 0 radical (unpaired) electrons. The fraction of sp³-hybridized carbons (Fsp3) is 0.579. The van der Waals surface area contributed by atoms with Gasteiger partial charge < -0.3 is 10.1 Å². The monoisotopic (exact) mass is 289 g/mol. The van der Waals surface area contributed by atoms with E-state index in [1.165, 1.54) is 11.1 Å². The second-order valence-corrected chi connectivity index (χ2v) is 7.04. The molecule has 1 unspecified atom stereocenters. The van der Waals surface area contributed by atoms with Crippen molar-refractivity contribution in [2.75, 3.05) is 6.54 Å². The molecule has 0 aromatic heterocycles. The first-order valence-electron chi connectivity index (χ1n) is 7.85. The van der Waals surface area contributed by atoms with E-state index in [1.807, 2.05) is 12.1 Å². The summed E-state index contributed by atoms with van der Waals surface area (Å²) in [4.78, 5) is 0. The predicted octanol–water partition coefficient (Wildman–Crippen LogP) is 4.73. The third-order valence-electron chi connectivity index (χ3n) is 3.40. The zero-order valence-electron chi connectivity index (χ0n) is 14.7. The number of aryl methyl sites for hydroxylation is 1. The van der Waals surface area contributed by atoms with Gasteiger partial charge in [0.15, 0.2) is 0 Å². The number of rotatable bonds is 7. The highest BCUT2D eigenvalue weighted by Crippen LogP contribution is 2.23. The van der Waals surface area contributed by atoms with Crippen LogP contribution in [0.4, 0.5) is 0 Å². The molecule has 0 amide bonds. The Morgan fingerprint density at radius 3 is 2.24 bits per heavy atom. The molecule has 1 atom stereocenters. The van der Waals surface area contributed by atoms with Gasteiger partial charge >= 0.3 is 0 Å². The molecule has 0 saturated heterocycles. The lowest BCUT2D eigenvalue weighted by molar-refractivity contribution is 0.0802. The second kappa shape index (κ2) is 7.65. The lowest BCUT2D eigenvalue weighted by atomic mass is 9.95. The summed E-state index contributed by atoms with van der Waals surface area (Å²) in [5, 5.41) is 3.62. The van der Waals surface area contributed by atoms with E-state index in [2.05, 4.69) is 72.0 Å². The quantitative estimate of drug-likeness (QED) is 0.732. The SMILES string of the molecule is CC(C)=CC(NCC(C)C)C(C)(C)Oc1ccc(C)cc1. The van der Waals surface area contributed by atoms with Crippen molar-refractivity contribution >= 4 is 0 Å². The van der Waals surface area contributed by atoms with Crippen molar-refractivity contribution in [3.05, 3.63) is 41.5 Å². The van der Waals surface area contributed by atoms with E-state index < -0.39 is 0 Å². The zero-order chi connectivity index (χ0) is 16.0. The Morgan fingerprint density at radius 2 is 1.76 bits per heavy atom. The minimum atomic E-state index is -0.304. The molecule has 0 saturated carbocycles. The van der Waals surface area contributed by atoms with Crippen LogP contribution in [0, 0.1) is 12.8 Å². The number of ether oxygens (including phenoxy) is 1. The fourth-order valence-electron chi connectivity index (χ4n) is 2.17. The molecule has 0 spiro atoms. The smallest absolute Gasteiger partial charge is 0.122 e. The van der Waals surface area contributed by atoms with Crippen LogP contribution in [-0.4, -0.2) is 18.2 Å². The maximum atomic E-state index is 6.25. The summed E-state index contributed by atoms with van der Waals surface area (Å²) in [5.74, 6) is 1.54. The Kier molecular flexibility index (Phi) is 6.47. The first-order chi connectivity index (χ1) is 9.70. The second-order valence-electron chi connectivity index (χ2n) is 7.04. The molecule has 0 bridgehead atoms. The average molecular weight is 289 g/mol. The summed E-state index contributed by atoms with van der Waals surface area (Å²) in [5.41, 5.74) is 2.25. The summed E-state index contributed by atoms with van der Waals surface area (Å²) in [6.07, 6.45) is 2.26. The standard InChI is InChI=1S/C19H31NO/c1-14(2)12-18(20-13-15(3)4)19(6,7)21-17-10-8-16(5)9-11-17/h8-12,15,18,20H,13H2,1-7H3. The zero-order valence-corrected chi connectivity index (χ0v) is 14.7. The van der Waals surface area contributed by atoms with Crippen molar-refractivity contribution in [3.8, 4) is 5.75 Å². The Labute approximate surface area is 130 Å². The lowest BCUT2D eigenvalue weighted by Crippen LogP contribution is -2.50. The van der Waals surface area contributed by atoms with Gasteiger partial charge in [-0.2, -0.15) is 0 Å². The van der Waals surface area contributed by atoms with Gasteiger partial charge in [-0.1, -0.05) is 43.2 Å². The van der Waals surface area contributed by atoms with E-state index >= 15 is 0 Å². The van der Waals surface area contributed by atoms with Crippen molar-refractivity contribution in [3.63, 3.8) is 0 Å². The minimum absolute atomic E-state index is 0.186. The van der Waals surface area contributed by atoms with Crippen LogP contribution in [0.5, 0.6) is 5.75 Å². The van der Waals surface area contributed by atoms with Gasteiger partial charge in [0.05, 0.1) is 6.04 Å². The maximum absolute atomic E-state index is 6.25. The van der Waals surface area contributed by atoms with Crippen LogP contribution < -0.4 is 10.1 Å². The molecule has 0 aliphatic carbocycles. The lowest BCUT2D eigenvalue weighted by Gasteiger charge is -2.35. The van der Waals surface area contributed by atoms with Gasteiger partial charge in [-0.3, -0.25) is 0 Å². The topological polar surface area (TPSA) is 21.3 Å². The highest BCUT2D eigenvalue weighted by atomic mass is 16.5. The Hall–Kier alpha value is -1.28. The summed E-state index contributed by atoms with van der Waals surface area (Å²) < 4.78 is 6.25. The minimum Gasteiger partial charge on any atom is -0.486 e. The van der Waals surface area contributed by atoms with E-state index in [9.17, 15) is 0 Å². The van der Waals surface area contributed by atoms with Gasteiger partial charge in [-0.25, -0.2) is 0 Å². The summed E-state index contributed by atoms with van der Waals surface area (Å²) >= 11 is 0. The first-order valence-corrected chi connectivity index (χ1v) is 7.85. The van der Waals surface area contributed by atoms with Crippen LogP contribution >= 0.6 is 0 Å². The van der Waals surface area contributed by atoms with Gasteiger partial charge in [0.25, 0.3) is 0 Å². The Balaban J connectivity index is 2.86. The van der Waals surface area contributed by atoms with Crippen LogP contribution in [0.25, 0.3) is 0 Å². The van der Waals surface area contributed by atoms with E-state index in [1.54, 1.807) is 0 Å². The van der Waals surface area contributed by atoms with Gasteiger partial charge in [0.1, 0.15) is 11.4 Å². The molecule has 2 heteroatoms. The number of benzene rings is 1. The van der Waals surface area contributed by atoms with Gasteiger partial charge in [0, 0.05) is 0 Å². The van der Waals surface area contributed by atoms with Crippen LogP contribution in [0.15, 0.2) is 35.9 Å². The first kappa shape index (κ1) is 17.8. The molecule has 118 valence electrons. The van der Waals surface area contributed by atoms with Crippen LogP contribution in [-0.2, 0) is 0 Å². The van der Waals surface area contributed by atoms with Crippen LogP contribution in [0.1, 0.15) is 47.1 Å². The molecule has 0 aliphatic heterocycles. The molecule has 1 N–H and O–H groups in total. The van der Waals surface area contributed by atoms with E-state index in [4.69, 9.17) is 4.74 Å². The molecule has 1 rings (SSSR count). The highest BCUT2D eigenvalue weighted by Gasteiger charge is 2.29. The molecular formula is C19H31NO. The van der Waals surface area contributed by atoms with Crippen molar-refractivity contribution in [1.82, 2.24) is 5.32 Å². The molecule has 0 heterocycles. The van der Waals surface area contributed by atoms with Gasteiger partial charge in [-0.05, 0) is 59.2 Å². The van der Waals surface area contributed by atoms with E-state index in [0.717, 1.165) is 12.3 Å². The molecular weight excluding hydrogens is 258 g/mol. The van der Waals surface area contributed by atoms with E-state index in [0.29, 0.717) is 5.92 Å². The van der Waals surface area contributed by atoms with E-state index in [-0.39, 0.29) is 11.6 Å². The third-order valence-corrected chi connectivity index (χ3v) is 3.40. The summed E-state index contributed by atoms with van der Waals surface area (Å²) in [6, 6.07) is 8.44. The number of allylic oxidation sites excluding steroid dienone is 1. The number of hydrogen-bond donors (Lipinski definition) is 1. The Morgan fingerprint density at radius 1 is 1.19 bits per heavy atom. The van der Waals surface area contributed by atoms with Crippen molar-refractivity contribution in [2.45, 2.75) is 60.1 Å². The molecule has 0 fully saturated rings. The normalized spacial score (nSPS) is 13.1. The average Bonchev–Trinajstić information content (AvgIpc) is 2.36. The van der Waals surface area contributed by atoms with Crippen molar-refractivity contribution in [1.29, 1.82) is 0 Å². The highest BCUT2D eigenvalue weighted by molar-refractivity contribution is 5.27. The Bertz CT molecular complexity index is 453. The van der Waals surface area contributed by atoms with Gasteiger partial charge in [0.2, 0.25) is 0 Å². The molecule has 0 aliphatic rings. The fourth-order valence-corrected chi connectivity index (χ4v) is 2.17. The predicted molar refractivity (Wildman–Crippen MR) is 91.9 cm³/mol.